The quantitative estimate of drug-likeness (QED) is 0.873. The van der Waals surface area contributed by atoms with Crippen molar-refractivity contribution in [2.24, 2.45) is 0 Å². The van der Waals surface area contributed by atoms with Gasteiger partial charge in [0.05, 0.1) is 11.6 Å². The van der Waals surface area contributed by atoms with Crippen molar-refractivity contribution in [3.8, 4) is 6.07 Å². The van der Waals surface area contributed by atoms with Gasteiger partial charge in [-0.3, -0.25) is 4.79 Å². The van der Waals surface area contributed by atoms with Crippen molar-refractivity contribution in [2.75, 3.05) is 0 Å². The first-order valence-corrected chi connectivity index (χ1v) is 7.59. The van der Waals surface area contributed by atoms with Crippen LogP contribution in [-0.4, -0.2) is 22.5 Å². The first-order chi connectivity index (χ1) is 10.6. The van der Waals surface area contributed by atoms with Gasteiger partial charge in [-0.2, -0.15) is 5.26 Å². The minimum Gasteiger partial charge on any atom is -0.480 e. The van der Waals surface area contributed by atoms with Crippen molar-refractivity contribution in [3.05, 3.63) is 35.4 Å². The van der Waals surface area contributed by atoms with Gasteiger partial charge < -0.3 is 10.4 Å². The lowest BCUT2D eigenvalue weighted by atomic mass is 9.81. The maximum atomic E-state index is 12.1. The molecule has 116 valence electrons. The monoisotopic (exact) mass is 300 g/mol. The van der Waals surface area contributed by atoms with Gasteiger partial charge >= 0.3 is 5.97 Å². The Labute approximate surface area is 129 Å². The van der Waals surface area contributed by atoms with Gasteiger partial charge in [0.2, 0.25) is 5.91 Å². The van der Waals surface area contributed by atoms with Crippen LogP contribution in [0.5, 0.6) is 0 Å². The summed E-state index contributed by atoms with van der Waals surface area (Å²) < 4.78 is 0. The zero-order chi connectivity index (χ0) is 16.0. The maximum absolute atomic E-state index is 12.1. The topological polar surface area (TPSA) is 90.2 Å². The van der Waals surface area contributed by atoms with Gasteiger partial charge in [-0.05, 0) is 37.0 Å². The van der Waals surface area contributed by atoms with Crippen LogP contribution in [0.3, 0.4) is 0 Å². The maximum Gasteiger partial charge on any atom is 0.329 e. The van der Waals surface area contributed by atoms with Crippen molar-refractivity contribution < 1.29 is 14.7 Å². The lowest BCUT2D eigenvalue weighted by Gasteiger charge is -2.34. The van der Waals surface area contributed by atoms with Crippen LogP contribution in [-0.2, 0) is 16.0 Å². The predicted octanol–water partition coefficient (Wildman–Crippen LogP) is 2.39. The molecule has 1 aliphatic rings. The molecule has 0 heterocycles. The molecule has 1 fully saturated rings. The van der Waals surface area contributed by atoms with Crippen molar-refractivity contribution >= 4 is 11.9 Å². The summed E-state index contributed by atoms with van der Waals surface area (Å²) in [5.41, 5.74) is 0.461. The SMILES string of the molecule is N#Cc1ccc(CCC(=O)NC2(C(=O)O)CCCCC2)cc1. The number of hydrogen-bond donors (Lipinski definition) is 2. The molecule has 1 aromatic rings. The van der Waals surface area contributed by atoms with Crippen LogP contribution in [0.2, 0.25) is 0 Å². The van der Waals surface area contributed by atoms with E-state index in [2.05, 4.69) is 5.32 Å². The molecule has 5 nitrogen and oxygen atoms in total. The Morgan fingerprint density at radius 2 is 1.82 bits per heavy atom. The smallest absolute Gasteiger partial charge is 0.329 e. The highest BCUT2D eigenvalue weighted by molar-refractivity contribution is 5.87. The van der Waals surface area contributed by atoms with E-state index in [0.717, 1.165) is 24.8 Å². The van der Waals surface area contributed by atoms with Gasteiger partial charge in [-0.25, -0.2) is 4.79 Å². The number of amides is 1. The molecule has 0 bridgehead atoms. The summed E-state index contributed by atoms with van der Waals surface area (Å²) in [6.45, 7) is 0. The number of nitriles is 1. The van der Waals surface area contributed by atoms with E-state index in [1.807, 2.05) is 18.2 Å². The molecule has 0 aromatic heterocycles. The standard InChI is InChI=1S/C17H20N2O3/c18-12-14-6-4-13(5-7-14)8-9-15(20)19-17(16(21)22)10-2-1-3-11-17/h4-7H,1-3,8-11H2,(H,19,20)(H,21,22). The Kier molecular flexibility index (Phi) is 5.16. The van der Waals surface area contributed by atoms with Crippen LogP contribution in [0, 0.1) is 11.3 Å². The minimum absolute atomic E-state index is 0.228. The number of carboxylic acids is 1. The molecule has 22 heavy (non-hydrogen) atoms. The summed E-state index contributed by atoms with van der Waals surface area (Å²) in [6.07, 6.45) is 4.49. The Morgan fingerprint density at radius 3 is 2.36 bits per heavy atom. The molecule has 1 aliphatic carbocycles. The molecule has 5 heteroatoms. The highest BCUT2D eigenvalue weighted by atomic mass is 16.4. The summed E-state index contributed by atoms with van der Waals surface area (Å²) >= 11 is 0. The number of benzene rings is 1. The molecular weight excluding hydrogens is 280 g/mol. The van der Waals surface area contributed by atoms with E-state index in [4.69, 9.17) is 5.26 Å². The van der Waals surface area contributed by atoms with Crippen LogP contribution in [0.1, 0.15) is 49.7 Å². The van der Waals surface area contributed by atoms with Crippen LogP contribution < -0.4 is 5.32 Å². The van der Waals surface area contributed by atoms with Crippen LogP contribution in [0.4, 0.5) is 0 Å². The largest absolute Gasteiger partial charge is 0.480 e. The molecular formula is C17H20N2O3. The molecule has 0 aliphatic heterocycles. The summed E-state index contributed by atoms with van der Waals surface area (Å²) in [5.74, 6) is -1.16. The van der Waals surface area contributed by atoms with Crippen LogP contribution >= 0.6 is 0 Å². The molecule has 0 atom stereocenters. The zero-order valence-electron chi connectivity index (χ0n) is 12.5. The first kappa shape index (κ1) is 16.0. The molecule has 1 aromatic carbocycles. The summed E-state index contributed by atoms with van der Waals surface area (Å²) in [7, 11) is 0. The van der Waals surface area contributed by atoms with Gasteiger partial charge in [0.25, 0.3) is 0 Å². The number of hydrogen-bond acceptors (Lipinski definition) is 3. The van der Waals surface area contributed by atoms with Gasteiger partial charge in [0.1, 0.15) is 5.54 Å². The van der Waals surface area contributed by atoms with E-state index in [1.165, 1.54) is 0 Å². The minimum atomic E-state index is -1.08. The van der Waals surface area contributed by atoms with Crippen molar-refractivity contribution in [2.45, 2.75) is 50.5 Å². The van der Waals surface area contributed by atoms with Crippen LogP contribution in [0.15, 0.2) is 24.3 Å². The predicted molar refractivity (Wildman–Crippen MR) is 81.1 cm³/mol. The van der Waals surface area contributed by atoms with Gasteiger partial charge in [0, 0.05) is 6.42 Å². The zero-order valence-corrected chi connectivity index (χ0v) is 12.5. The molecule has 1 amide bonds. The molecule has 0 spiro atoms. The molecule has 2 N–H and O–H groups in total. The van der Waals surface area contributed by atoms with E-state index in [0.29, 0.717) is 24.8 Å². The fourth-order valence-electron chi connectivity index (χ4n) is 2.88. The van der Waals surface area contributed by atoms with Gasteiger partial charge in [-0.1, -0.05) is 31.4 Å². The fraction of sp³-hybridized carbons (Fsp3) is 0.471. The van der Waals surface area contributed by atoms with Gasteiger partial charge in [-0.15, -0.1) is 0 Å². The number of carbonyl (C=O) groups is 2. The molecule has 2 rings (SSSR count). The second kappa shape index (κ2) is 7.08. The Hall–Kier alpha value is -2.35. The van der Waals surface area contributed by atoms with E-state index in [-0.39, 0.29) is 12.3 Å². The fourth-order valence-corrected chi connectivity index (χ4v) is 2.88. The molecule has 0 unspecified atom stereocenters. The first-order valence-electron chi connectivity index (χ1n) is 7.59. The Balaban J connectivity index is 1.91. The Morgan fingerprint density at radius 1 is 1.18 bits per heavy atom. The number of aliphatic carboxylic acids is 1. The number of carbonyl (C=O) groups excluding carboxylic acids is 1. The third-order valence-electron chi connectivity index (χ3n) is 4.22. The highest BCUT2D eigenvalue weighted by Crippen LogP contribution is 2.28. The lowest BCUT2D eigenvalue weighted by Crippen LogP contribution is -2.55. The van der Waals surface area contributed by atoms with Crippen molar-refractivity contribution in [1.82, 2.24) is 5.32 Å². The second-order valence-electron chi connectivity index (χ2n) is 5.80. The van der Waals surface area contributed by atoms with Crippen LogP contribution in [0.25, 0.3) is 0 Å². The number of carboxylic acid groups (broad SMARTS) is 1. The number of nitrogens with one attached hydrogen (secondary N) is 1. The average Bonchev–Trinajstić information content (AvgIpc) is 2.54. The third-order valence-corrected chi connectivity index (χ3v) is 4.22. The normalized spacial score (nSPS) is 16.5. The second-order valence-corrected chi connectivity index (χ2v) is 5.80. The van der Waals surface area contributed by atoms with E-state index in [9.17, 15) is 14.7 Å². The van der Waals surface area contributed by atoms with Crippen molar-refractivity contribution in [3.63, 3.8) is 0 Å². The highest BCUT2D eigenvalue weighted by Gasteiger charge is 2.40. The summed E-state index contributed by atoms with van der Waals surface area (Å²) in [6, 6.07) is 9.11. The number of nitrogens with zero attached hydrogens (tertiary/aromatic N) is 1. The third kappa shape index (κ3) is 3.85. The van der Waals surface area contributed by atoms with E-state index < -0.39 is 11.5 Å². The summed E-state index contributed by atoms with van der Waals surface area (Å²) in [5, 5.41) is 20.9. The summed E-state index contributed by atoms with van der Waals surface area (Å²) in [4.78, 5) is 23.6. The average molecular weight is 300 g/mol. The molecule has 0 radical (unpaired) electrons. The lowest BCUT2D eigenvalue weighted by molar-refractivity contribution is -0.149. The van der Waals surface area contributed by atoms with Gasteiger partial charge in [0.15, 0.2) is 0 Å². The van der Waals surface area contributed by atoms with E-state index in [1.54, 1.807) is 12.1 Å². The number of rotatable bonds is 5. The van der Waals surface area contributed by atoms with Crippen molar-refractivity contribution in [1.29, 1.82) is 5.26 Å². The Bertz CT molecular complexity index is 581. The van der Waals surface area contributed by atoms with E-state index >= 15 is 0 Å². The molecule has 0 saturated heterocycles. The molecule has 1 saturated carbocycles. The number of aryl methyl sites for hydroxylation is 1.